The molecule has 0 radical (unpaired) electrons. The maximum Gasteiger partial charge on any atom is 0.128 e. The molecule has 0 bridgehead atoms. The van der Waals surface area contributed by atoms with Gasteiger partial charge in [0.15, 0.2) is 0 Å². The maximum atomic E-state index is 9.98. The minimum absolute atomic E-state index is 0.0990. The Kier molecular flexibility index (Phi) is 3.94. The van der Waals surface area contributed by atoms with Crippen LogP contribution < -0.4 is 10.2 Å². The van der Waals surface area contributed by atoms with Crippen LogP contribution in [-0.4, -0.2) is 35.8 Å². The second kappa shape index (κ2) is 5.70. The fourth-order valence-electron chi connectivity index (χ4n) is 3.69. The van der Waals surface area contributed by atoms with Gasteiger partial charge in [0.05, 0.1) is 6.10 Å². The third kappa shape index (κ3) is 2.54. The second-order valence-corrected chi connectivity index (χ2v) is 6.20. The first-order chi connectivity index (χ1) is 9.69. The van der Waals surface area contributed by atoms with Crippen LogP contribution in [0.5, 0.6) is 0 Å². The molecule has 1 aromatic heterocycles. The van der Waals surface area contributed by atoms with Crippen molar-refractivity contribution >= 4 is 5.82 Å². The zero-order valence-corrected chi connectivity index (χ0v) is 12.4. The third-order valence-corrected chi connectivity index (χ3v) is 4.92. The number of hydrogen-bond donors (Lipinski definition) is 2. The van der Waals surface area contributed by atoms with Crippen LogP contribution in [0.4, 0.5) is 5.82 Å². The molecule has 4 unspecified atom stereocenters. The molecule has 0 spiro atoms. The summed E-state index contributed by atoms with van der Waals surface area (Å²) >= 11 is 0. The van der Waals surface area contributed by atoms with Gasteiger partial charge in [0, 0.05) is 31.2 Å². The summed E-state index contributed by atoms with van der Waals surface area (Å²) in [6.45, 7) is 7.26. The lowest BCUT2D eigenvalue weighted by atomic mass is 10.00. The number of pyridine rings is 1. The number of nitrogens with one attached hydrogen (secondary N) is 1. The monoisotopic (exact) mass is 275 g/mol. The zero-order valence-electron chi connectivity index (χ0n) is 12.4. The number of nitrogens with zero attached hydrogens (tertiary/aromatic N) is 2. The average Bonchev–Trinajstić information content (AvgIpc) is 3.02. The first kappa shape index (κ1) is 13.8. The number of hydrogen-bond acceptors (Lipinski definition) is 4. The van der Waals surface area contributed by atoms with Gasteiger partial charge in [-0.1, -0.05) is 13.0 Å². The van der Waals surface area contributed by atoms with E-state index in [0.717, 1.165) is 38.3 Å². The minimum atomic E-state index is -0.0990. The predicted octanol–water partition coefficient (Wildman–Crippen LogP) is 1.96. The average molecular weight is 275 g/mol. The van der Waals surface area contributed by atoms with Gasteiger partial charge in [0.25, 0.3) is 0 Å². The van der Waals surface area contributed by atoms with Gasteiger partial charge in [0.1, 0.15) is 5.82 Å². The molecule has 1 saturated carbocycles. The van der Waals surface area contributed by atoms with E-state index < -0.39 is 0 Å². The molecule has 2 N–H and O–H groups in total. The molecule has 2 fully saturated rings. The molecule has 4 nitrogen and oxygen atoms in total. The quantitative estimate of drug-likeness (QED) is 0.882. The van der Waals surface area contributed by atoms with Crippen molar-refractivity contribution in [2.24, 2.45) is 11.8 Å². The molecule has 2 heterocycles. The predicted molar refractivity (Wildman–Crippen MR) is 80.8 cm³/mol. The number of aliphatic hydroxyl groups is 1. The van der Waals surface area contributed by atoms with Gasteiger partial charge >= 0.3 is 0 Å². The largest absolute Gasteiger partial charge is 0.393 e. The first-order valence-electron chi connectivity index (χ1n) is 7.81. The number of aromatic nitrogens is 1. The highest BCUT2D eigenvalue weighted by molar-refractivity contribution is 5.41. The molecule has 0 aromatic carbocycles. The highest BCUT2D eigenvalue weighted by atomic mass is 16.3. The number of aliphatic hydroxyl groups excluding tert-OH is 1. The topological polar surface area (TPSA) is 48.4 Å². The van der Waals surface area contributed by atoms with Gasteiger partial charge < -0.3 is 15.3 Å². The summed E-state index contributed by atoms with van der Waals surface area (Å²) in [5, 5.41) is 13.4. The Morgan fingerprint density at radius 1 is 1.40 bits per heavy atom. The lowest BCUT2D eigenvalue weighted by molar-refractivity contribution is 0.133. The van der Waals surface area contributed by atoms with Crippen molar-refractivity contribution in [3.05, 3.63) is 23.9 Å². The van der Waals surface area contributed by atoms with Crippen LogP contribution in [0.15, 0.2) is 18.3 Å². The van der Waals surface area contributed by atoms with Crippen LogP contribution in [0.1, 0.15) is 38.3 Å². The van der Waals surface area contributed by atoms with E-state index in [9.17, 15) is 5.11 Å². The summed E-state index contributed by atoms with van der Waals surface area (Å²) < 4.78 is 0. The summed E-state index contributed by atoms with van der Waals surface area (Å²) in [5.74, 6) is 2.17. The van der Waals surface area contributed by atoms with Crippen LogP contribution in [-0.2, 0) is 0 Å². The summed E-state index contributed by atoms with van der Waals surface area (Å²) in [5.41, 5.74) is 1.23. The van der Waals surface area contributed by atoms with Gasteiger partial charge in [-0.2, -0.15) is 0 Å². The van der Waals surface area contributed by atoms with E-state index in [2.05, 4.69) is 41.2 Å². The molecular formula is C16H25N3O. The van der Waals surface area contributed by atoms with Gasteiger partial charge in [-0.05, 0) is 43.9 Å². The second-order valence-electron chi connectivity index (χ2n) is 6.20. The molecule has 20 heavy (non-hydrogen) atoms. The standard InChI is InChI=1S/C16H25N3O/c1-3-17-11(2)12-5-7-16(18-8-12)19-9-13-4-6-15(20)14(13)10-19/h5,7-8,11,13-15,17,20H,3-4,6,9-10H2,1-2H3. The van der Waals surface area contributed by atoms with Crippen molar-refractivity contribution in [2.45, 2.75) is 38.8 Å². The minimum Gasteiger partial charge on any atom is -0.393 e. The molecule has 4 atom stereocenters. The summed E-state index contributed by atoms with van der Waals surface area (Å²) in [4.78, 5) is 6.95. The number of anilines is 1. The van der Waals surface area contributed by atoms with Gasteiger partial charge in [-0.15, -0.1) is 0 Å². The lowest BCUT2D eigenvalue weighted by Crippen LogP contribution is -2.25. The Balaban J connectivity index is 1.67. The molecule has 0 amide bonds. The molecule has 1 aromatic rings. The first-order valence-corrected chi connectivity index (χ1v) is 7.81. The fraction of sp³-hybridized carbons (Fsp3) is 0.688. The maximum absolute atomic E-state index is 9.98. The van der Waals surface area contributed by atoms with E-state index in [1.807, 2.05) is 6.20 Å². The Labute approximate surface area is 121 Å². The highest BCUT2D eigenvalue weighted by Gasteiger charge is 2.42. The van der Waals surface area contributed by atoms with Crippen molar-refractivity contribution < 1.29 is 5.11 Å². The van der Waals surface area contributed by atoms with Crippen molar-refractivity contribution in [3.8, 4) is 0 Å². The van der Waals surface area contributed by atoms with Crippen molar-refractivity contribution in [2.75, 3.05) is 24.5 Å². The van der Waals surface area contributed by atoms with Crippen LogP contribution in [0.3, 0.4) is 0 Å². The van der Waals surface area contributed by atoms with E-state index in [1.54, 1.807) is 0 Å². The van der Waals surface area contributed by atoms with E-state index in [1.165, 1.54) is 5.56 Å². The normalized spacial score (nSPS) is 30.6. The molecular weight excluding hydrogens is 250 g/mol. The SMILES string of the molecule is CCNC(C)c1ccc(N2CC3CCC(O)C3C2)nc1. The fourth-order valence-corrected chi connectivity index (χ4v) is 3.69. The molecule has 1 aliphatic carbocycles. The van der Waals surface area contributed by atoms with Crippen molar-refractivity contribution in [1.29, 1.82) is 0 Å². The van der Waals surface area contributed by atoms with Gasteiger partial charge in [0.2, 0.25) is 0 Å². The summed E-state index contributed by atoms with van der Waals surface area (Å²) in [7, 11) is 0. The van der Waals surface area contributed by atoms with E-state index in [0.29, 0.717) is 17.9 Å². The Hall–Kier alpha value is -1.13. The molecule has 4 heteroatoms. The van der Waals surface area contributed by atoms with Crippen molar-refractivity contribution in [3.63, 3.8) is 0 Å². The van der Waals surface area contributed by atoms with Crippen LogP contribution >= 0.6 is 0 Å². The molecule has 3 rings (SSSR count). The van der Waals surface area contributed by atoms with Crippen LogP contribution in [0.25, 0.3) is 0 Å². The molecule has 2 aliphatic rings. The highest BCUT2D eigenvalue weighted by Crippen LogP contribution is 2.39. The molecule has 110 valence electrons. The molecule has 1 aliphatic heterocycles. The van der Waals surface area contributed by atoms with Gasteiger partial charge in [-0.3, -0.25) is 0 Å². The van der Waals surface area contributed by atoms with E-state index in [4.69, 9.17) is 0 Å². The Morgan fingerprint density at radius 2 is 2.25 bits per heavy atom. The van der Waals surface area contributed by atoms with Gasteiger partial charge in [-0.25, -0.2) is 4.98 Å². The summed E-state index contributed by atoms with van der Waals surface area (Å²) in [6, 6.07) is 4.64. The Morgan fingerprint density at radius 3 is 2.90 bits per heavy atom. The summed E-state index contributed by atoms with van der Waals surface area (Å²) in [6.07, 6.45) is 4.03. The van der Waals surface area contributed by atoms with E-state index >= 15 is 0 Å². The van der Waals surface area contributed by atoms with Crippen molar-refractivity contribution in [1.82, 2.24) is 10.3 Å². The smallest absolute Gasteiger partial charge is 0.128 e. The third-order valence-electron chi connectivity index (χ3n) is 4.92. The Bertz CT molecular complexity index is 448. The van der Waals surface area contributed by atoms with Crippen LogP contribution in [0, 0.1) is 11.8 Å². The van der Waals surface area contributed by atoms with Crippen LogP contribution in [0.2, 0.25) is 0 Å². The number of rotatable bonds is 4. The number of fused-ring (bicyclic) bond motifs is 1. The zero-order chi connectivity index (χ0) is 14.1. The lowest BCUT2D eigenvalue weighted by Gasteiger charge is -2.20. The molecule has 1 saturated heterocycles. The van der Waals surface area contributed by atoms with E-state index in [-0.39, 0.29) is 6.10 Å².